The highest BCUT2D eigenvalue weighted by Gasteiger charge is 2.69. The number of hydrogen-bond acceptors (Lipinski definition) is 2. The molecule has 94 valence electrons. The van der Waals surface area contributed by atoms with Crippen molar-refractivity contribution in [3.63, 3.8) is 0 Å². The lowest BCUT2D eigenvalue weighted by Crippen LogP contribution is -2.51. The molecular weight excluding hydrogens is 245 g/mol. The summed E-state index contributed by atoms with van der Waals surface area (Å²) in [4.78, 5) is 13.0. The fraction of sp³-hybridized carbons (Fsp3) is 0.889. The Balaban J connectivity index is 0.00000128. The van der Waals surface area contributed by atoms with Gasteiger partial charge in [0, 0.05) is 26.2 Å². The molecule has 0 unspecified atom stereocenters. The van der Waals surface area contributed by atoms with Crippen LogP contribution >= 0.6 is 12.4 Å². The SMILES string of the molecule is Cl.O=C(N1CCNCC1)C1(C(F)(F)F)CC1. The van der Waals surface area contributed by atoms with E-state index in [1.807, 2.05) is 0 Å². The number of carbonyl (C=O) groups is 1. The third-order valence-corrected chi connectivity index (χ3v) is 3.11. The van der Waals surface area contributed by atoms with Crippen molar-refractivity contribution in [2.75, 3.05) is 26.2 Å². The summed E-state index contributed by atoms with van der Waals surface area (Å²) in [5.41, 5.74) is -2.04. The largest absolute Gasteiger partial charge is 0.403 e. The predicted molar refractivity (Wildman–Crippen MR) is 54.4 cm³/mol. The molecule has 1 saturated carbocycles. The van der Waals surface area contributed by atoms with Gasteiger partial charge in [-0.2, -0.15) is 13.2 Å². The highest BCUT2D eigenvalue weighted by Crippen LogP contribution is 2.58. The third kappa shape index (κ3) is 2.13. The standard InChI is InChI=1S/C9H13F3N2O.ClH/c10-9(11,12)8(1-2-8)7(15)14-5-3-13-4-6-14;/h13H,1-6H2;1H. The summed E-state index contributed by atoms with van der Waals surface area (Å²) in [5.74, 6) is -0.725. The maximum Gasteiger partial charge on any atom is 0.403 e. The van der Waals surface area contributed by atoms with Gasteiger partial charge in [0.2, 0.25) is 5.91 Å². The fourth-order valence-electron chi connectivity index (χ4n) is 1.91. The molecule has 0 aromatic rings. The zero-order valence-corrected chi connectivity index (χ0v) is 9.46. The number of amides is 1. The summed E-state index contributed by atoms with van der Waals surface area (Å²) < 4.78 is 37.9. The highest BCUT2D eigenvalue weighted by atomic mass is 35.5. The number of nitrogens with zero attached hydrogens (tertiary/aromatic N) is 1. The van der Waals surface area contributed by atoms with Gasteiger partial charge in [0.25, 0.3) is 0 Å². The monoisotopic (exact) mass is 258 g/mol. The molecule has 1 amide bonds. The van der Waals surface area contributed by atoms with Crippen molar-refractivity contribution in [1.82, 2.24) is 10.2 Å². The number of alkyl halides is 3. The first-order valence-electron chi connectivity index (χ1n) is 5.04. The number of rotatable bonds is 1. The minimum Gasteiger partial charge on any atom is -0.339 e. The van der Waals surface area contributed by atoms with Gasteiger partial charge in [-0.3, -0.25) is 4.79 Å². The van der Waals surface area contributed by atoms with Crippen LogP contribution in [0.4, 0.5) is 13.2 Å². The zero-order valence-electron chi connectivity index (χ0n) is 8.64. The van der Waals surface area contributed by atoms with Crippen LogP contribution < -0.4 is 5.32 Å². The van der Waals surface area contributed by atoms with E-state index in [0.717, 1.165) is 0 Å². The van der Waals surface area contributed by atoms with Crippen molar-refractivity contribution in [2.24, 2.45) is 5.41 Å². The van der Waals surface area contributed by atoms with Crippen molar-refractivity contribution >= 4 is 18.3 Å². The molecule has 7 heteroatoms. The molecule has 16 heavy (non-hydrogen) atoms. The molecule has 1 saturated heterocycles. The third-order valence-electron chi connectivity index (χ3n) is 3.11. The Hall–Kier alpha value is -0.490. The Morgan fingerprint density at radius 3 is 2.06 bits per heavy atom. The molecule has 0 radical (unpaired) electrons. The minimum absolute atomic E-state index is 0. The zero-order chi connectivity index (χ0) is 11.1. The van der Waals surface area contributed by atoms with E-state index in [9.17, 15) is 18.0 Å². The fourth-order valence-corrected chi connectivity index (χ4v) is 1.91. The van der Waals surface area contributed by atoms with Gasteiger partial charge >= 0.3 is 6.18 Å². The van der Waals surface area contributed by atoms with E-state index in [-0.39, 0.29) is 25.2 Å². The van der Waals surface area contributed by atoms with Crippen LogP contribution in [0.25, 0.3) is 0 Å². The summed E-state index contributed by atoms with van der Waals surface area (Å²) in [6, 6.07) is 0. The summed E-state index contributed by atoms with van der Waals surface area (Å²) >= 11 is 0. The second kappa shape index (κ2) is 4.41. The van der Waals surface area contributed by atoms with E-state index < -0.39 is 17.5 Å². The number of nitrogens with one attached hydrogen (secondary N) is 1. The van der Waals surface area contributed by atoms with Gasteiger partial charge in [-0.25, -0.2) is 0 Å². The molecule has 2 rings (SSSR count). The van der Waals surface area contributed by atoms with Crippen molar-refractivity contribution in [3.8, 4) is 0 Å². The number of carbonyl (C=O) groups excluding carboxylic acids is 1. The van der Waals surface area contributed by atoms with E-state index >= 15 is 0 Å². The van der Waals surface area contributed by atoms with Gasteiger partial charge in [0.15, 0.2) is 0 Å². The molecule has 3 nitrogen and oxygen atoms in total. The van der Waals surface area contributed by atoms with Crippen molar-refractivity contribution < 1.29 is 18.0 Å². The van der Waals surface area contributed by atoms with Crippen LogP contribution in [0.3, 0.4) is 0 Å². The molecule has 1 heterocycles. The van der Waals surface area contributed by atoms with Gasteiger partial charge in [-0.15, -0.1) is 12.4 Å². The summed E-state index contributed by atoms with van der Waals surface area (Å²) in [7, 11) is 0. The molecule has 1 aliphatic heterocycles. The predicted octanol–water partition coefficient (Wildman–Crippen LogP) is 1.18. The second-order valence-electron chi connectivity index (χ2n) is 4.12. The summed E-state index contributed by atoms with van der Waals surface area (Å²) in [5, 5.41) is 3.01. The van der Waals surface area contributed by atoms with Gasteiger partial charge in [0.1, 0.15) is 5.41 Å². The Labute approximate surface area is 97.8 Å². The lowest BCUT2D eigenvalue weighted by Gasteiger charge is -2.31. The average molecular weight is 259 g/mol. The van der Waals surface area contributed by atoms with Crippen molar-refractivity contribution in [3.05, 3.63) is 0 Å². The van der Waals surface area contributed by atoms with Crippen LogP contribution in [0.5, 0.6) is 0 Å². The van der Waals surface area contributed by atoms with Crippen LogP contribution in [-0.2, 0) is 4.79 Å². The minimum atomic E-state index is -4.38. The maximum atomic E-state index is 12.6. The summed E-state index contributed by atoms with van der Waals surface area (Å²) in [6.45, 7) is 1.94. The summed E-state index contributed by atoms with van der Waals surface area (Å²) in [6.07, 6.45) is -4.46. The Morgan fingerprint density at radius 2 is 1.69 bits per heavy atom. The average Bonchev–Trinajstić information content (AvgIpc) is 2.98. The van der Waals surface area contributed by atoms with E-state index in [0.29, 0.717) is 26.2 Å². The van der Waals surface area contributed by atoms with Crippen molar-refractivity contribution in [1.29, 1.82) is 0 Å². The van der Waals surface area contributed by atoms with E-state index in [1.165, 1.54) is 4.90 Å². The number of piperazine rings is 1. The molecule has 2 fully saturated rings. The second-order valence-corrected chi connectivity index (χ2v) is 4.12. The lowest BCUT2D eigenvalue weighted by atomic mass is 10.0. The molecule has 1 aliphatic carbocycles. The molecule has 0 bridgehead atoms. The lowest BCUT2D eigenvalue weighted by molar-refractivity contribution is -0.198. The quantitative estimate of drug-likeness (QED) is 0.766. The highest BCUT2D eigenvalue weighted by molar-refractivity contribution is 5.86. The van der Waals surface area contributed by atoms with Gasteiger partial charge in [-0.05, 0) is 12.8 Å². The maximum absolute atomic E-state index is 12.6. The first-order chi connectivity index (χ1) is 6.97. The first kappa shape index (κ1) is 13.6. The molecule has 2 aliphatic rings. The molecule has 0 atom stereocenters. The van der Waals surface area contributed by atoms with Crippen LogP contribution in [-0.4, -0.2) is 43.2 Å². The smallest absolute Gasteiger partial charge is 0.339 e. The van der Waals surface area contributed by atoms with Gasteiger partial charge in [0.05, 0.1) is 0 Å². The van der Waals surface area contributed by atoms with E-state index in [4.69, 9.17) is 0 Å². The van der Waals surface area contributed by atoms with E-state index in [2.05, 4.69) is 5.32 Å². The Morgan fingerprint density at radius 1 is 1.19 bits per heavy atom. The van der Waals surface area contributed by atoms with Crippen molar-refractivity contribution in [2.45, 2.75) is 19.0 Å². The van der Waals surface area contributed by atoms with Gasteiger partial charge in [-0.1, -0.05) is 0 Å². The molecule has 0 aromatic carbocycles. The van der Waals surface area contributed by atoms with Crippen LogP contribution in [0.15, 0.2) is 0 Å². The van der Waals surface area contributed by atoms with Crippen LogP contribution in [0, 0.1) is 5.41 Å². The first-order valence-corrected chi connectivity index (χ1v) is 5.04. The number of halogens is 4. The Bertz CT molecular complexity index is 272. The Kier molecular flexibility index (Phi) is 3.74. The molecule has 1 N–H and O–H groups in total. The normalized spacial score (nSPS) is 23.6. The van der Waals surface area contributed by atoms with Crippen LogP contribution in [0.2, 0.25) is 0 Å². The molecule has 0 spiro atoms. The molecule has 0 aromatic heterocycles. The molecular formula is C9H14ClF3N2O. The van der Waals surface area contributed by atoms with Gasteiger partial charge < -0.3 is 10.2 Å². The van der Waals surface area contributed by atoms with Crippen LogP contribution in [0.1, 0.15) is 12.8 Å². The van der Waals surface area contributed by atoms with E-state index in [1.54, 1.807) is 0 Å². The number of hydrogen-bond donors (Lipinski definition) is 1. The topological polar surface area (TPSA) is 32.3 Å².